The van der Waals surface area contributed by atoms with Gasteiger partial charge in [0.2, 0.25) is 0 Å². The molecule has 0 heterocycles. The Morgan fingerprint density at radius 3 is 2.75 bits per heavy atom. The van der Waals surface area contributed by atoms with Gasteiger partial charge in [-0.2, -0.15) is 0 Å². The Balaban J connectivity index is 2.16. The summed E-state index contributed by atoms with van der Waals surface area (Å²) in [4.78, 5) is 12.9. The highest BCUT2D eigenvalue weighted by molar-refractivity contribution is 5.69. The van der Waals surface area contributed by atoms with Gasteiger partial charge in [-0.05, 0) is 18.9 Å². The molecule has 4 nitrogen and oxygen atoms in total. The Morgan fingerprint density at radius 1 is 1.45 bits per heavy atom. The number of nitrogens with zero attached hydrogens (tertiary/aromatic N) is 1. The first kappa shape index (κ1) is 14.8. The van der Waals surface area contributed by atoms with Crippen molar-refractivity contribution < 1.29 is 19.0 Å². The highest BCUT2D eigenvalue weighted by atomic mass is 19.1. The maximum absolute atomic E-state index is 14.2. The number of hydrogen-bond acceptors (Lipinski definition) is 3. The molecule has 1 aromatic carbocycles. The molecule has 110 valence electrons. The number of benzene rings is 1. The van der Waals surface area contributed by atoms with Crippen LogP contribution in [0.2, 0.25) is 0 Å². The van der Waals surface area contributed by atoms with Gasteiger partial charge in [0.1, 0.15) is 0 Å². The van der Waals surface area contributed by atoms with Gasteiger partial charge in [-0.15, -0.1) is 0 Å². The normalized spacial score (nSPS) is 15.8. The van der Waals surface area contributed by atoms with Crippen molar-refractivity contribution in [2.24, 2.45) is 0 Å². The average molecular weight is 281 g/mol. The minimum Gasteiger partial charge on any atom is -0.494 e. The summed E-state index contributed by atoms with van der Waals surface area (Å²) in [5, 5.41) is 9.03. The molecular formula is C15H20FNO3. The van der Waals surface area contributed by atoms with Crippen molar-refractivity contribution >= 4 is 5.97 Å². The molecule has 1 saturated carbocycles. The molecule has 20 heavy (non-hydrogen) atoms. The number of ether oxygens (including phenoxy) is 1. The van der Waals surface area contributed by atoms with Gasteiger partial charge in [-0.25, -0.2) is 4.39 Å². The van der Waals surface area contributed by atoms with Crippen LogP contribution in [0, 0.1) is 5.82 Å². The van der Waals surface area contributed by atoms with E-state index in [0.29, 0.717) is 12.1 Å². The molecule has 0 amide bonds. The maximum atomic E-state index is 14.2. The maximum Gasteiger partial charge on any atom is 0.317 e. The van der Waals surface area contributed by atoms with Crippen LogP contribution in [0.15, 0.2) is 18.2 Å². The van der Waals surface area contributed by atoms with E-state index < -0.39 is 11.8 Å². The molecule has 0 bridgehead atoms. The number of rotatable bonds is 6. The molecule has 1 fully saturated rings. The number of halogens is 1. The second-order valence-corrected chi connectivity index (χ2v) is 5.17. The van der Waals surface area contributed by atoms with Crippen LogP contribution in [0.5, 0.6) is 5.75 Å². The van der Waals surface area contributed by atoms with Crippen molar-refractivity contribution in [3.05, 3.63) is 29.6 Å². The number of hydrogen-bond donors (Lipinski definition) is 1. The van der Waals surface area contributed by atoms with Crippen molar-refractivity contribution in [2.45, 2.75) is 38.3 Å². The molecule has 0 aromatic heterocycles. The van der Waals surface area contributed by atoms with Gasteiger partial charge < -0.3 is 9.84 Å². The van der Waals surface area contributed by atoms with E-state index >= 15 is 0 Å². The van der Waals surface area contributed by atoms with E-state index in [1.807, 2.05) is 4.90 Å². The molecule has 0 radical (unpaired) electrons. The third-order valence-electron chi connectivity index (χ3n) is 3.82. The first-order valence-electron chi connectivity index (χ1n) is 6.89. The van der Waals surface area contributed by atoms with Crippen LogP contribution >= 0.6 is 0 Å². The molecular weight excluding hydrogens is 261 g/mol. The first-order chi connectivity index (χ1) is 9.61. The summed E-state index contributed by atoms with van der Waals surface area (Å²) < 4.78 is 19.1. The lowest BCUT2D eigenvalue weighted by Gasteiger charge is -2.27. The van der Waals surface area contributed by atoms with Crippen LogP contribution in [0.3, 0.4) is 0 Å². The number of carbonyl (C=O) groups is 1. The Morgan fingerprint density at radius 2 is 2.15 bits per heavy atom. The highest BCUT2D eigenvalue weighted by Gasteiger charge is 2.25. The molecule has 0 saturated heterocycles. The lowest BCUT2D eigenvalue weighted by molar-refractivity contribution is -0.139. The van der Waals surface area contributed by atoms with E-state index in [0.717, 1.165) is 25.7 Å². The summed E-state index contributed by atoms with van der Waals surface area (Å²) >= 11 is 0. The lowest BCUT2D eigenvalue weighted by atomic mass is 10.1. The van der Waals surface area contributed by atoms with Crippen molar-refractivity contribution in [1.29, 1.82) is 0 Å². The van der Waals surface area contributed by atoms with E-state index in [1.165, 1.54) is 7.11 Å². The molecule has 0 aliphatic heterocycles. The third kappa shape index (κ3) is 3.48. The van der Waals surface area contributed by atoms with Crippen LogP contribution in [0.4, 0.5) is 4.39 Å². The van der Waals surface area contributed by atoms with E-state index in [2.05, 4.69) is 0 Å². The van der Waals surface area contributed by atoms with Gasteiger partial charge in [0.05, 0.1) is 13.7 Å². The van der Waals surface area contributed by atoms with E-state index in [9.17, 15) is 9.18 Å². The molecule has 5 heteroatoms. The second kappa shape index (κ2) is 6.70. The topological polar surface area (TPSA) is 49.8 Å². The van der Waals surface area contributed by atoms with Crippen LogP contribution in [-0.4, -0.2) is 35.7 Å². The lowest BCUT2D eigenvalue weighted by Crippen LogP contribution is -2.37. The molecule has 2 rings (SSSR count). The Kier molecular flexibility index (Phi) is 4.95. The largest absolute Gasteiger partial charge is 0.494 e. The van der Waals surface area contributed by atoms with Crippen molar-refractivity contribution in [2.75, 3.05) is 13.7 Å². The minimum absolute atomic E-state index is 0.0542. The van der Waals surface area contributed by atoms with Crippen molar-refractivity contribution in [3.63, 3.8) is 0 Å². The first-order valence-corrected chi connectivity index (χ1v) is 6.89. The van der Waals surface area contributed by atoms with Gasteiger partial charge in [-0.3, -0.25) is 9.69 Å². The summed E-state index contributed by atoms with van der Waals surface area (Å²) in [6, 6.07) is 5.21. The summed E-state index contributed by atoms with van der Waals surface area (Å²) in [7, 11) is 1.42. The standard InChI is InChI=1S/C15H20FNO3/c1-20-13-8-4-5-11(15(13)16)9-17(10-14(18)19)12-6-2-3-7-12/h4-5,8,12H,2-3,6-7,9-10H2,1H3,(H,18,19). The van der Waals surface area contributed by atoms with E-state index in [1.54, 1.807) is 18.2 Å². The molecule has 1 aromatic rings. The quantitative estimate of drug-likeness (QED) is 0.871. The smallest absolute Gasteiger partial charge is 0.317 e. The van der Waals surface area contributed by atoms with Gasteiger partial charge in [0, 0.05) is 18.2 Å². The van der Waals surface area contributed by atoms with Gasteiger partial charge in [0.25, 0.3) is 0 Å². The number of carboxylic acids is 1. The molecule has 1 aliphatic carbocycles. The number of aliphatic carboxylic acids is 1. The number of carboxylic acid groups (broad SMARTS) is 1. The van der Waals surface area contributed by atoms with E-state index in [4.69, 9.17) is 9.84 Å². The van der Waals surface area contributed by atoms with Crippen LogP contribution in [0.1, 0.15) is 31.2 Å². The van der Waals surface area contributed by atoms with Crippen LogP contribution in [-0.2, 0) is 11.3 Å². The zero-order valence-electron chi connectivity index (χ0n) is 11.6. The molecule has 0 spiro atoms. The Bertz CT molecular complexity index is 472. The monoisotopic (exact) mass is 281 g/mol. The molecule has 0 atom stereocenters. The Hall–Kier alpha value is -1.62. The van der Waals surface area contributed by atoms with Crippen molar-refractivity contribution in [1.82, 2.24) is 4.90 Å². The summed E-state index contributed by atoms with van der Waals surface area (Å²) in [5.74, 6) is -1.08. The van der Waals surface area contributed by atoms with Crippen LogP contribution in [0.25, 0.3) is 0 Å². The average Bonchev–Trinajstić information content (AvgIpc) is 2.93. The second-order valence-electron chi connectivity index (χ2n) is 5.17. The molecule has 1 aliphatic rings. The van der Waals surface area contributed by atoms with Crippen molar-refractivity contribution in [3.8, 4) is 5.75 Å². The van der Waals surface area contributed by atoms with Gasteiger partial charge >= 0.3 is 5.97 Å². The predicted octanol–water partition coefficient (Wildman–Crippen LogP) is 2.66. The molecule has 1 N–H and O–H groups in total. The summed E-state index contributed by atoms with van der Waals surface area (Å²) in [6.45, 7) is 0.251. The SMILES string of the molecule is COc1cccc(CN(CC(=O)O)C2CCCC2)c1F. The zero-order chi connectivity index (χ0) is 14.5. The summed E-state index contributed by atoms with van der Waals surface area (Å²) in [6.07, 6.45) is 4.19. The summed E-state index contributed by atoms with van der Waals surface area (Å²) in [5.41, 5.74) is 0.484. The zero-order valence-corrected chi connectivity index (χ0v) is 11.6. The molecule has 0 unspecified atom stereocenters. The fourth-order valence-electron chi connectivity index (χ4n) is 2.81. The van der Waals surface area contributed by atoms with Gasteiger partial charge in [-0.1, -0.05) is 25.0 Å². The third-order valence-corrected chi connectivity index (χ3v) is 3.82. The Labute approximate surface area is 118 Å². The number of methoxy groups -OCH3 is 1. The fraction of sp³-hybridized carbons (Fsp3) is 0.533. The minimum atomic E-state index is -0.875. The predicted molar refractivity (Wildman–Crippen MR) is 73.3 cm³/mol. The highest BCUT2D eigenvalue weighted by Crippen LogP contribution is 2.27. The fourth-order valence-corrected chi connectivity index (χ4v) is 2.81. The van der Waals surface area contributed by atoms with E-state index in [-0.39, 0.29) is 18.3 Å². The van der Waals surface area contributed by atoms with Crippen LogP contribution < -0.4 is 4.74 Å². The van der Waals surface area contributed by atoms with Gasteiger partial charge in [0.15, 0.2) is 11.6 Å².